The molecular formula is C44H61NO4. The van der Waals surface area contributed by atoms with Gasteiger partial charge >= 0.3 is 0 Å². The maximum atomic E-state index is 11.1. The quantitative estimate of drug-likeness (QED) is 0.288. The zero-order valence-electron chi connectivity index (χ0n) is 31.0. The maximum Gasteiger partial charge on any atom is 0.169 e. The molecule has 1 heterocycles. The molecule has 6 unspecified atom stereocenters. The van der Waals surface area contributed by atoms with E-state index in [0.717, 1.165) is 69.6 Å². The van der Waals surface area contributed by atoms with Gasteiger partial charge in [0.25, 0.3) is 0 Å². The predicted octanol–water partition coefficient (Wildman–Crippen LogP) is 10.4. The maximum absolute atomic E-state index is 11.1. The van der Waals surface area contributed by atoms with Crippen molar-refractivity contribution in [2.24, 2.45) is 28.6 Å². The van der Waals surface area contributed by atoms with Gasteiger partial charge in [0, 0.05) is 35.6 Å². The van der Waals surface area contributed by atoms with Crippen LogP contribution in [0.1, 0.15) is 109 Å². The lowest BCUT2D eigenvalue weighted by Crippen LogP contribution is -2.52. The molecule has 2 N–H and O–H groups in total. The standard InChI is InChI=1S/C32H44O3.C12H17NO/c1-5-6-21-7-9-22(10-8-21)26-18-31(4)27(13-14-28(31)33)25-12-11-23-17-32(16-15-24(23)29(25)26)34-19-30(2,3)20-35-32;1-4-5-10(2)13-11-6-8-12(14-3)9-7-11/h5,7-10,23,25-28,33H,1,6,11-20H2,2-4H3;5-9,13H,4H2,1-3H3/b;10-5-. The van der Waals surface area contributed by atoms with Crippen LogP contribution >= 0.6 is 0 Å². The van der Waals surface area contributed by atoms with Gasteiger partial charge in [-0.1, -0.05) is 75.3 Å². The Kier molecular flexibility index (Phi) is 10.8. The number of fused-ring (bicyclic) bond motifs is 4. The van der Waals surface area contributed by atoms with Gasteiger partial charge in [0.1, 0.15) is 5.75 Å². The van der Waals surface area contributed by atoms with Crippen molar-refractivity contribution in [3.05, 3.63) is 95.2 Å². The first-order valence-electron chi connectivity index (χ1n) is 19.0. The van der Waals surface area contributed by atoms with E-state index in [2.05, 4.69) is 76.9 Å². The zero-order chi connectivity index (χ0) is 34.8. The van der Waals surface area contributed by atoms with E-state index < -0.39 is 0 Å². The van der Waals surface area contributed by atoms with Crippen LogP contribution in [0.2, 0.25) is 0 Å². The van der Waals surface area contributed by atoms with Gasteiger partial charge in [0.2, 0.25) is 0 Å². The summed E-state index contributed by atoms with van der Waals surface area (Å²) in [6.07, 6.45) is 14.8. The van der Waals surface area contributed by atoms with Gasteiger partial charge < -0.3 is 24.6 Å². The lowest BCUT2D eigenvalue weighted by atomic mass is 9.52. The number of allylic oxidation sites excluding steroid dienone is 5. The van der Waals surface area contributed by atoms with E-state index in [9.17, 15) is 5.11 Å². The summed E-state index contributed by atoms with van der Waals surface area (Å²) < 4.78 is 18.0. The second-order valence-corrected chi connectivity index (χ2v) is 16.6. The van der Waals surface area contributed by atoms with Crippen LogP contribution in [0.25, 0.3) is 0 Å². The molecule has 5 aliphatic rings. The van der Waals surface area contributed by atoms with Crippen molar-refractivity contribution >= 4 is 5.69 Å². The third kappa shape index (κ3) is 7.60. The summed E-state index contributed by atoms with van der Waals surface area (Å²) in [5.74, 6) is 2.76. The van der Waals surface area contributed by atoms with Crippen LogP contribution in [-0.2, 0) is 15.9 Å². The SMILES string of the molecule is C=CCc1ccc(C2CC3(C)C(O)CCC3C3CCC4CC5(CCC4=C23)OCC(C)(C)CO5)cc1.CC/C=C(/C)Nc1ccc(OC)cc1. The van der Waals surface area contributed by atoms with Gasteiger partial charge in [-0.2, -0.15) is 0 Å². The molecule has 1 saturated heterocycles. The average Bonchev–Trinajstić information content (AvgIpc) is 3.40. The Morgan fingerprint density at radius 1 is 0.980 bits per heavy atom. The van der Waals surface area contributed by atoms with Crippen LogP contribution in [0.15, 0.2) is 84.1 Å². The molecule has 4 fully saturated rings. The highest BCUT2D eigenvalue weighted by Crippen LogP contribution is 2.65. The molecule has 5 nitrogen and oxygen atoms in total. The molecule has 3 saturated carbocycles. The molecule has 2 aromatic rings. The molecule has 49 heavy (non-hydrogen) atoms. The van der Waals surface area contributed by atoms with Crippen molar-refractivity contribution in [3.63, 3.8) is 0 Å². The van der Waals surface area contributed by atoms with E-state index in [-0.39, 0.29) is 22.7 Å². The fourth-order valence-electron chi connectivity index (χ4n) is 9.81. The summed E-state index contributed by atoms with van der Waals surface area (Å²) in [4.78, 5) is 0. The number of anilines is 1. The molecule has 0 aromatic heterocycles. The van der Waals surface area contributed by atoms with Crippen LogP contribution < -0.4 is 10.1 Å². The highest BCUT2D eigenvalue weighted by Gasteiger charge is 2.57. The Morgan fingerprint density at radius 3 is 2.35 bits per heavy atom. The summed E-state index contributed by atoms with van der Waals surface area (Å²) in [6.45, 7) is 16.6. The average molecular weight is 668 g/mol. The number of aliphatic hydroxyl groups excluding tert-OH is 1. The van der Waals surface area contributed by atoms with E-state index in [4.69, 9.17) is 14.2 Å². The molecular weight excluding hydrogens is 606 g/mol. The molecule has 1 spiro atoms. The minimum Gasteiger partial charge on any atom is -0.497 e. The Morgan fingerprint density at radius 2 is 1.69 bits per heavy atom. The first-order chi connectivity index (χ1) is 23.5. The van der Waals surface area contributed by atoms with Crippen molar-refractivity contribution in [2.75, 3.05) is 25.6 Å². The zero-order valence-corrected chi connectivity index (χ0v) is 31.0. The van der Waals surface area contributed by atoms with E-state index in [1.54, 1.807) is 18.3 Å². The molecule has 1 aliphatic heterocycles. The van der Waals surface area contributed by atoms with Gasteiger partial charge in [-0.15, -0.1) is 6.58 Å². The van der Waals surface area contributed by atoms with Gasteiger partial charge in [0.15, 0.2) is 5.79 Å². The fraction of sp³-hybridized carbons (Fsp3) is 0.591. The molecule has 7 rings (SSSR count). The molecule has 6 atom stereocenters. The molecule has 5 heteroatoms. The Hall–Kier alpha value is -2.86. The summed E-state index contributed by atoms with van der Waals surface area (Å²) in [7, 11) is 1.67. The number of rotatable bonds is 7. The van der Waals surface area contributed by atoms with Crippen molar-refractivity contribution in [3.8, 4) is 5.75 Å². The molecule has 266 valence electrons. The van der Waals surface area contributed by atoms with E-state index in [0.29, 0.717) is 23.7 Å². The van der Waals surface area contributed by atoms with Gasteiger partial charge in [-0.05, 0) is 117 Å². The summed E-state index contributed by atoms with van der Waals surface area (Å²) >= 11 is 0. The lowest BCUT2D eigenvalue weighted by Gasteiger charge is -2.55. The van der Waals surface area contributed by atoms with Crippen molar-refractivity contribution in [1.82, 2.24) is 0 Å². The van der Waals surface area contributed by atoms with Crippen LogP contribution in [0, 0.1) is 28.6 Å². The van der Waals surface area contributed by atoms with Crippen LogP contribution in [-0.4, -0.2) is 37.3 Å². The second-order valence-electron chi connectivity index (χ2n) is 16.6. The number of hydrogen-bond acceptors (Lipinski definition) is 5. The topological polar surface area (TPSA) is 60.0 Å². The molecule has 4 aliphatic carbocycles. The summed E-state index contributed by atoms with van der Waals surface area (Å²) in [5.41, 5.74) is 8.66. The number of aliphatic hydroxyl groups is 1. The molecule has 0 amide bonds. The van der Waals surface area contributed by atoms with Crippen LogP contribution in [0.5, 0.6) is 5.75 Å². The first kappa shape index (κ1) is 35.9. The molecule has 0 radical (unpaired) electrons. The highest BCUT2D eigenvalue weighted by molar-refractivity contribution is 5.50. The van der Waals surface area contributed by atoms with E-state index in [1.807, 2.05) is 30.3 Å². The van der Waals surface area contributed by atoms with Gasteiger partial charge in [0.05, 0.1) is 26.4 Å². The van der Waals surface area contributed by atoms with Crippen LogP contribution in [0.3, 0.4) is 0 Å². The molecule has 0 bridgehead atoms. The Balaban J connectivity index is 0.000000251. The number of benzene rings is 2. The van der Waals surface area contributed by atoms with Crippen molar-refractivity contribution in [2.45, 2.75) is 117 Å². The normalized spacial score (nSPS) is 31.5. The Labute approximate surface area is 296 Å². The monoisotopic (exact) mass is 667 g/mol. The summed E-state index contributed by atoms with van der Waals surface area (Å²) in [5, 5.41) is 14.4. The van der Waals surface area contributed by atoms with Crippen molar-refractivity contribution < 1.29 is 19.3 Å². The third-order valence-electron chi connectivity index (χ3n) is 12.4. The van der Waals surface area contributed by atoms with Gasteiger partial charge in [-0.25, -0.2) is 0 Å². The largest absolute Gasteiger partial charge is 0.497 e. The van der Waals surface area contributed by atoms with Crippen molar-refractivity contribution in [1.29, 1.82) is 0 Å². The number of nitrogens with one attached hydrogen (secondary N) is 1. The first-order valence-corrected chi connectivity index (χ1v) is 19.0. The highest BCUT2D eigenvalue weighted by atomic mass is 16.7. The molecule has 2 aromatic carbocycles. The van der Waals surface area contributed by atoms with E-state index >= 15 is 0 Å². The van der Waals surface area contributed by atoms with Crippen LogP contribution in [0.4, 0.5) is 5.69 Å². The predicted molar refractivity (Wildman–Crippen MR) is 201 cm³/mol. The Bertz CT molecular complexity index is 1490. The smallest absolute Gasteiger partial charge is 0.169 e. The number of hydrogen-bond donors (Lipinski definition) is 2. The second kappa shape index (κ2) is 14.8. The number of ether oxygens (including phenoxy) is 3. The van der Waals surface area contributed by atoms with Gasteiger partial charge in [-0.3, -0.25) is 0 Å². The fourth-order valence-corrected chi connectivity index (χ4v) is 9.81. The summed E-state index contributed by atoms with van der Waals surface area (Å²) in [6, 6.07) is 17.2. The third-order valence-corrected chi connectivity index (χ3v) is 12.4. The lowest BCUT2D eigenvalue weighted by molar-refractivity contribution is -0.312. The minimum absolute atomic E-state index is 0.0308. The minimum atomic E-state index is -0.369. The number of methoxy groups -OCH3 is 1. The van der Waals surface area contributed by atoms with E-state index in [1.165, 1.54) is 36.1 Å².